The van der Waals surface area contributed by atoms with E-state index in [2.05, 4.69) is 17.9 Å². The van der Waals surface area contributed by atoms with Crippen LogP contribution in [0.5, 0.6) is 17.2 Å². The highest BCUT2D eigenvalue weighted by Gasteiger charge is 2.13. The van der Waals surface area contributed by atoms with E-state index >= 15 is 0 Å². The van der Waals surface area contributed by atoms with Crippen LogP contribution in [0.2, 0.25) is 0 Å². The lowest BCUT2D eigenvalue weighted by Crippen LogP contribution is -2.15. The van der Waals surface area contributed by atoms with Crippen molar-refractivity contribution >= 4 is 23.9 Å². The molecule has 0 heterocycles. The Bertz CT molecular complexity index is 1100. The average molecular weight is 527 g/mol. The lowest BCUT2D eigenvalue weighted by atomic mass is 10.2. The number of hydrogen-bond acceptors (Lipinski definition) is 10. The van der Waals surface area contributed by atoms with Crippen molar-refractivity contribution in [2.24, 2.45) is 0 Å². The monoisotopic (exact) mass is 526 g/mol. The molecule has 0 spiro atoms. The largest absolute Gasteiger partial charge is 0.494 e. The Morgan fingerprint density at radius 1 is 0.763 bits per heavy atom. The summed E-state index contributed by atoms with van der Waals surface area (Å²) < 4.78 is 30.8. The number of carbonyl (C=O) groups is 4. The lowest BCUT2D eigenvalue weighted by Gasteiger charge is -2.10. The molecular weight excluding hydrogens is 496 g/mol. The van der Waals surface area contributed by atoms with Gasteiger partial charge in [-0.15, -0.1) is 0 Å². The number of benzene rings is 2. The second-order valence-corrected chi connectivity index (χ2v) is 7.65. The predicted molar refractivity (Wildman–Crippen MR) is 136 cm³/mol. The second-order valence-electron chi connectivity index (χ2n) is 7.65. The summed E-state index contributed by atoms with van der Waals surface area (Å²) in [5.74, 6) is -0.859. The topological polar surface area (TPSA) is 124 Å². The van der Waals surface area contributed by atoms with Crippen LogP contribution in [0, 0.1) is 0 Å². The highest BCUT2D eigenvalue weighted by molar-refractivity contribution is 5.93. The third-order valence-electron chi connectivity index (χ3n) is 4.80. The number of methoxy groups -OCH3 is 1. The Kier molecular flexibility index (Phi) is 12.6. The molecule has 0 amide bonds. The molecule has 0 radical (unpaired) electrons. The van der Waals surface area contributed by atoms with Crippen LogP contribution < -0.4 is 14.2 Å². The van der Waals surface area contributed by atoms with Gasteiger partial charge in [-0.05, 0) is 61.4 Å². The summed E-state index contributed by atoms with van der Waals surface area (Å²) in [5, 5.41) is 0. The van der Waals surface area contributed by atoms with Gasteiger partial charge in [-0.25, -0.2) is 14.4 Å². The Balaban J connectivity index is 1.68. The van der Waals surface area contributed by atoms with Crippen molar-refractivity contribution in [3.8, 4) is 17.2 Å². The first kappa shape index (κ1) is 29.6. The van der Waals surface area contributed by atoms with E-state index in [9.17, 15) is 19.2 Å². The molecule has 0 aliphatic heterocycles. The molecule has 0 aliphatic carbocycles. The number of ether oxygens (including phenoxy) is 6. The molecule has 2 aromatic rings. The third kappa shape index (κ3) is 11.0. The first-order valence-corrected chi connectivity index (χ1v) is 11.7. The van der Waals surface area contributed by atoms with Gasteiger partial charge in [-0.2, -0.15) is 0 Å². The minimum atomic E-state index is -0.704. The molecule has 2 rings (SSSR count). The molecule has 38 heavy (non-hydrogen) atoms. The van der Waals surface area contributed by atoms with Crippen LogP contribution in [0.1, 0.15) is 29.6 Å². The van der Waals surface area contributed by atoms with Crippen molar-refractivity contribution in [1.29, 1.82) is 0 Å². The SMILES string of the molecule is C=CC(=O)OCCCCOc1ccc(C(=O)Oc2ccc(OCCOC(=O)C(=C)CC(=O)OC)cc2)cc1. The van der Waals surface area contributed by atoms with Crippen molar-refractivity contribution in [1.82, 2.24) is 0 Å². The fraction of sp³-hybridized carbons (Fsp3) is 0.286. The summed E-state index contributed by atoms with van der Waals surface area (Å²) in [6.45, 7) is 7.60. The standard InChI is InChI=1S/C28H30O10/c1-4-25(29)36-16-6-5-15-34-22-9-7-21(8-10-22)28(32)38-24-13-11-23(12-14-24)35-17-18-37-27(31)20(2)19-26(30)33-3/h4,7-14H,1-2,5-6,15-19H2,3H3. The summed E-state index contributed by atoms with van der Waals surface area (Å²) in [6.07, 6.45) is 2.24. The van der Waals surface area contributed by atoms with Gasteiger partial charge in [-0.3, -0.25) is 4.79 Å². The molecule has 0 fully saturated rings. The normalized spacial score (nSPS) is 10.0. The minimum absolute atomic E-state index is 0.00844. The Morgan fingerprint density at radius 3 is 1.97 bits per heavy atom. The summed E-state index contributed by atoms with van der Waals surface area (Å²) in [4.78, 5) is 46.3. The minimum Gasteiger partial charge on any atom is -0.494 e. The van der Waals surface area contributed by atoms with Gasteiger partial charge in [0.05, 0.1) is 32.3 Å². The Hall–Kier alpha value is -4.60. The molecule has 0 aromatic heterocycles. The van der Waals surface area contributed by atoms with Crippen LogP contribution in [0.15, 0.2) is 73.3 Å². The van der Waals surface area contributed by atoms with Gasteiger partial charge < -0.3 is 28.4 Å². The van der Waals surface area contributed by atoms with Gasteiger partial charge >= 0.3 is 23.9 Å². The van der Waals surface area contributed by atoms with Crippen molar-refractivity contribution in [2.45, 2.75) is 19.3 Å². The third-order valence-corrected chi connectivity index (χ3v) is 4.80. The summed E-state index contributed by atoms with van der Waals surface area (Å²) in [7, 11) is 1.22. The number of unbranched alkanes of at least 4 members (excludes halogenated alkanes) is 1. The number of esters is 4. The van der Waals surface area contributed by atoms with Crippen LogP contribution in [0.3, 0.4) is 0 Å². The van der Waals surface area contributed by atoms with E-state index in [1.807, 2.05) is 0 Å². The van der Waals surface area contributed by atoms with Crippen LogP contribution in [0.25, 0.3) is 0 Å². The first-order valence-electron chi connectivity index (χ1n) is 11.7. The van der Waals surface area contributed by atoms with E-state index in [0.717, 1.165) is 6.08 Å². The van der Waals surface area contributed by atoms with Gasteiger partial charge in [0, 0.05) is 11.6 Å². The first-order chi connectivity index (χ1) is 18.3. The van der Waals surface area contributed by atoms with E-state index in [1.54, 1.807) is 48.5 Å². The maximum atomic E-state index is 12.4. The van der Waals surface area contributed by atoms with Crippen LogP contribution in [-0.4, -0.2) is 57.4 Å². The number of rotatable bonds is 16. The van der Waals surface area contributed by atoms with Crippen LogP contribution in [0.4, 0.5) is 0 Å². The molecule has 10 nitrogen and oxygen atoms in total. The van der Waals surface area contributed by atoms with E-state index in [4.69, 9.17) is 23.7 Å². The quantitative estimate of drug-likeness (QED) is 0.105. The zero-order chi connectivity index (χ0) is 27.8. The van der Waals surface area contributed by atoms with E-state index < -0.39 is 23.9 Å². The van der Waals surface area contributed by atoms with Gasteiger partial charge in [0.15, 0.2) is 0 Å². The zero-order valence-electron chi connectivity index (χ0n) is 21.1. The van der Waals surface area contributed by atoms with Crippen LogP contribution in [-0.2, 0) is 28.6 Å². The molecule has 0 saturated heterocycles. The van der Waals surface area contributed by atoms with Crippen LogP contribution >= 0.6 is 0 Å². The van der Waals surface area contributed by atoms with E-state index in [1.165, 1.54) is 7.11 Å². The average Bonchev–Trinajstić information content (AvgIpc) is 2.93. The second kappa shape index (κ2) is 16.2. The van der Waals surface area contributed by atoms with Gasteiger partial charge in [-0.1, -0.05) is 13.2 Å². The zero-order valence-corrected chi connectivity index (χ0v) is 21.1. The molecule has 0 N–H and O–H groups in total. The number of hydrogen-bond donors (Lipinski definition) is 0. The molecule has 0 aliphatic rings. The molecule has 0 saturated carbocycles. The van der Waals surface area contributed by atoms with E-state index in [-0.39, 0.29) is 25.2 Å². The highest BCUT2D eigenvalue weighted by atomic mass is 16.6. The molecule has 2 aromatic carbocycles. The van der Waals surface area contributed by atoms with Gasteiger partial charge in [0.25, 0.3) is 0 Å². The van der Waals surface area contributed by atoms with Crippen molar-refractivity contribution in [3.63, 3.8) is 0 Å². The molecule has 0 bridgehead atoms. The Morgan fingerprint density at radius 2 is 1.34 bits per heavy atom. The summed E-state index contributed by atoms with van der Waals surface area (Å²) >= 11 is 0. The maximum absolute atomic E-state index is 12.4. The fourth-order valence-electron chi connectivity index (χ4n) is 2.80. The number of carbonyl (C=O) groups excluding carboxylic acids is 4. The molecule has 0 unspecified atom stereocenters. The van der Waals surface area contributed by atoms with Gasteiger partial charge in [0.2, 0.25) is 0 Å². The lowest BCUT2D eigenvalue weighted by molar-refractivity contribution is -0.144. The predicted octanol–water partition coefficient (Wildman–Crippen LogP) is 3.84. The molecule has 202 valence electrons. The molecule has 10 heteroatoms. The van der Waals surface area contributed by atoms with Crippen molar-refractivity contribution in [3.05, 3.63) is 78.9 Å². The van der Waals surface area contributed by atoms with Gasteiger partial charge in [0.1, 0.15) is 30.5 Å². The Labute approximate surface area is 220 Å². The van der Waals surface area contributed by atoms with E-state index in [0.29, 0.717) is 48.9 Å². The summed E-state index contributed by atoms with van der Waals surface area (Å²) in [6, 6.07) is 12.9. The van der Waals surface area contributed by atoms with Crippen molar-refractivity contribution < 1.29 is 47.6 Å². The fourth-order valence-corrected chi connectivity index (χ4v) is 2.80. The smallest absolute Gasteiger partial charge is 0.343 e. The maximum Gasteiger partial charge on any atom is 0.343 e. The highest BCUT2D eigenvalue weighted by Crippen LogP contribution is 2.20. The molecule has 0 atom stereocenters. The summed E-state index contributed by atoms with van der Waals surface area (Å²) in [5.41, 5.74) is 0.343. The van der Waals surface area contributed by atoms with Crippen molar-refractivity contribution in [2.75, 3.05) is 33.5 Å². The molecular formula is C28H30O10.